The molecule has 0 bridgehead atoms. The van der Waals surface area contributed by atoms with Crippen LogP contribution in [-0.4, -0.2) is 30.2 Å². The lowest BCUT2D eigenvalue weighted by atomic mass is 9.88. The Morgan fingerprint density at radius 1 is 1.08 bits per heavy atom. The summed E-state index contributed by atoms with van der Waals surface area (Å²) in [6, 6.07) is 13.5. The summed E-state index contributed by atoms with van der Waals surface area (Å²) in [7, 11) is 0. The first-order chi connectivity index (χ1) is 18.2. The third-order valence-electron chi connectivity index (χ3n) is 6.98. The molecule has 1 unspecified atom stereocenters. The topological polar surface area (TPSA) is 98.5 Å². The van der Waals surface area contributed by atoms with Gasteiger partial charge < -0.3 is 20.4 Å². The van der Waals surface area contributed by atoms with E-state index >= 15 is 0 Å². The van der Waals surface area contributed by atoms with E-state index in [9.17, 15) is 14.2 Å². The fraction of sp³-hybridized carbons (Fsp3) is 0.533. The maximum absolute atomic E-state index is 13.6. The number of benzene rings is 2. The van der Waals surface area contributed by atoms with Crippen molar-refractivity contribution in [3.8, 4) is 5.75 Å². The molecule has 1 aliphatic carbocycles. The van der Waals surface area contributed by atoms with Gasteiger partial charge in [-0.05, 0) is 86.8 Å². The number of hydrogen-bond donors (Lipinski definition) is 2. The number of anilines is 1. The molecule has 2 amide bonds. The van der Waals surface area contributed by atoms with E-state index in [1.165, 1.54) is 22.5 Å². The van der Waals surface area contributed by atoms with E-state index in [2.05, 4.69) is 25.2 Å². The molecule has 2 aromatic carbocycles. The second-order valence-corrected chi connectivity index (χ2v) is 15.6. The predicted octanol–water partition coefficient (Wildman–Crippen LogP) is 7.96. The molecule has 1 fully saturated rings. The van der Waals surface area contributed by atoms with Crippen LogP contribution in [0.3, 0.4) is 0 Å². The maximum atomic E-state index is 13.6. The van der Waals surface area contributed by atoms with E-state index < -0.39 is 17.4 Å². The predicted molar refractivity (Wildman–Crippen MR) is 161 cm³/mol. The molecule has 0 heterocycles. The van der Waals surface area contributed by atoms with Gasteiger partial charge in [-0.15, -0.1) is 0 Å². The molecule has 2 aromatic rings. The summed E-state index contributed by atoms with van der Waals surface area (Å²) in [5.74, 6) is 0.223. The first kappa shape index (κ1) is 32.0. The minimum atomic E-state index is -2.91. The minimum absolute atomic E-state index is 0.0298. The van der Waals surface area contributed by atoms with Gasteiger partial charge in [-0.1, -0.05) is 63.9 Å². The van der Waals surface area contributed by atoms with E-state index in [1.807, 2.05) is 50.2 Å². The Bertz CT molecular complexity index is 1100. The van der Waals surface area contributed by atoms with Gasteiger partial charge in [0, 0.05) is 17.0 Å². The zero-order valence-electron chi connectivity index (χ0n) is 23.7. The highest BCUT2D eigenvalue weighted by Gasteiger charge is 2.50. The SMILES string of the molecule is CC.CCCc1ccc(NC(=O)CCCOc2ccc(SP(C)(=O)C3(C(N)=O)CCCCC3)cc2)cc1C. The molecule has 1 aliphatic rings. The Morgan fingerprint density at radius 2 is 1.74 bits per heavy atom. The van der Waals surface area contributed by atoms with E-state index in [-0.39, 0.29) is 5.91 Å². The molecule has 3 rings (SSSR count). The number of rotatable bonds is 12. The van der Waals surface area contributed by atoms with Crippen molar-refractivity contribution in [2.45, 2.75) is 95.5 Å². The van der Waals surface area contributed by atoms with Gasteiger partial charge in [0.05, 0.1) is 6.61 Å². The van der Waals surface area contributed by atoms with Gasteiger partial charge >= 0.3 is 0 Å². The Hall–Kier alpha value is -2.24. The summed E-state index contributed by atoms with van der Waals surface area (Å²) in [6.07, 6.45) is 4.23. The number of aryl methyl sites for hydroxylation is 2. The first-order valence-electron chi connectivity index (χ1n) is 13.9. The van der Waals surface area contributed by atoms with Gasteiger partial charge in [-0.25, -0.2) is 0 Å². The molecule has 0 radical (unpaired) electrons. The van der Waals surface area contributed by atoms with Crippen LogP contribution in [0.25, 0.3) is 0 Å². The number of nitrogens with one attached hydrogen (secondary N) is 1. The van der Waals surface area contributed by atoms with Crippen LogP contribution in [0.2, 0.25) is 0 Å². The molecule has 0 saturated heterocycles. The second-order valence-electron chi connectivity index (χ2n) is 9.76. The average molecular weight is 561 g/mol. The molecule has 0 spiro atoms. The Kier molecular flexibility index (Phi) is 12.9. The zero-order valence-corrected chi connectivity index (χ0v) is 25.4. The van der Waals surface area contributed by atoms with Gasteiger partial charge in [0.2, 0.25) is 11.8 Å². The van der Waals surface area contributed by atoms with Crippen LogP contribution < -0.4 is 15.8 Å². The number of carbonyl (C=O) groups is 2. The Balaban J connectivity index is 0.00000247. The second kappa shape index (κ2) is 15.4. The molecular formula is C30H45N2O4PS. The van der Waals surface area contributed by atoms with Crippen LogP contribution in [0.1, 0.15) is 83.3 Å². The van der Waals surface area contributed by atoms with E-state index in [1.54, 1.807) is 6.66 Å². The molecule has 210 valence electrons. The molecule has 1 atom stereocenters. The summed E-state index contributed by atoms with van der Waals surface area (Å²) in [4.78, 5) is 25.4. The highest BCUT2D eigenvalue weighted by atomic mass is 32.7. The quantitative estimate of drug-likeness (QED) is 0.203. The molecule has 8 heteroatoms. The number of amides is 2. The molecule has 0 aromatic heterocycles. The molecular weight excluding hydrogens is 515 g/mol. The van der Waals surface area contributed by atoms with Crippen molar-refractivity contribution in [3.05, 3.63) is 53.6 Å². The van der Waals surface area contributed by atoms with E-state index in [4.69, 9.17) is 10.5 Å². The Morgan fingerprint density at radius 3 is 2.32 bits per heavy atom. The van der Waals surface area contributed by atoms with Gasteiger partial charge in [0.15, 0.2) is 6.34 Å². The van der Waals surface area contributed by atoms with Crippen molar-refractivity contribution in [2.75, 3.05) is 18.6 Å². The zero-order chi connectivity index (χ0) is 28.2. The smallest absolute Gasteiger partial charge is 0.231 e. The highest BCUT2D eigenvalue weighted by Crippen LogP contribution is 2.71. The van der Waals surface area contributed by atoms with E-state index in [0.29, 0.717) is 38.0 Å². The van der Waals surface area contributed by atoms with Gasteiger partial charge in [-0.2, -0.15) is 0 Å². The fourth-order valence-electron chi connectivity index (χ4n) is 4.84. The fourth-order valence-corrected chi connectivity index (χ4v) is 10.1. The van der Waals surface area contributed by atoms with Crippen LogP contribution >= 0.6 is 17.7 Å². The van der Waals surface area contributed by atoms with Crippen molar-refractivity contribution >= 4 is 35.2 Å². The monoisotopic (exact) mass is 560 g/mol. The summed E-state index contributed by atoms with van der Waals surface area (Å²) in [5, 5.41) is 2.05. The van der Waals surface area contributed by atoms with Gasteiger partial charge in [-0.3, -0.25) is 9.59 Å². The summed E-state index contributed by atoms with van der Waals surface area (Å²) < 4.78 is 19.4. The normalized spacial score (nSPS) is 15.9. The first-order valence-corrected chi connectivity index (χ1v) is 17.4. The van der Waals surface area contributed by atoms with E-state index in [0.717, 1.165) is 42.7 Å². The lowest BCUT2D eigenvalue weighted by Crippen LogP contribution is -2.44. The number of nitrogens with two attached hydrogens (primary N) is 1. The largest absolute Gasteiger partial charge is 0.494 e. The molecule has 3 N–H and O–H groups in total. The van der Waals surface area contributed by atoms with Crippen LogP contribution in [0.4, 0.5) is 5.69 Å². The van der Waals surface area contributed by atoms with Crippen LogP contribution in [0.5, 0.6) is 5.75 Å². The van der Waals surface area contributed by atoms with Crippen molar-refractivity contribution < 1.29 is 18.9 Å². The van der Waals surface area contributed by atoms with Gasteiger partial charge in [0.25, 0.3) is 0 Å². The maximum Gasteiger partial charge on any atom is 0.231 e. The molecule has 38 heavy (non-hydrogen) atoms. The van der Waals surface area contributed by atoms with Crippen LogP contribution in [-0.2, 0) is 20.6 Å². The minimum Gasteiger partial charge on any atom is -0.494 e. The van der Waals surface area contributed by atoms with Crippen molar-refractivity contribution in [1.29, 1.82) is 0 Å². The van der Waals surface area contributed by atoms with Gasteiger partial charge in [0.1, 0.15) is 10.9 Å². The van der Waals surface area contributed by atoms with Crippen LogP contribution in [0.15, 0.2) is 47.4 Å². The highest BCUT2D eigenvalue weighted by molar-refractivity contribution is 8.58. The molecule has 6 nitrogen and oxygen atoms in total. The summed E-state index contributed by atoms with van der Waals surface area (Å²) >= 11 is 1.27. The lowest BCUT2D eigenvalue weighted by molar-refractivity contribution is -0.121. The van der Waals surface area contributed by atoms with Crippen LogP contribution in [0, 0.1) is 6.92 Å². The number of ether oxygens (including phenoxy) is 1. The number of carbonyl (C=O) groups excluding carboxylic acids is 2. The lowest BCUT2D eigenvalue weighted by Gasteiger charge is -2.38. The molecule has 0 aliphatic heterocycles. The third kappa shape index (κ3) is 8.64. The van der Waals surface area contributed by atoms with Crippen molar-refractivity contribution in [2.24, 2.45) is 5.73 Å². The standard InChI is InChI=1S/C28H39N2O4PS.C2H6/c1-4-9-22-11-12-23(20-21(22)2)30-26(31)10-8-19-34-24-13-15-25(16-14-24)36-35(3,33)28(27(29)32)17-6-5-7-18-28;1-2/h11-16,20H,4-10,17-19H2,1-3H3,(H2,29,32)(H,30,31);1-2H3. The average Bonchev–Trinajstić information content (AvgIpc) is 2.90. The molecule has 1 saturated carbocycles. The number of primary amides is 1. The van der Waals surface area contributed by atoms with Crippen molar-refractivity contribution in [1.82, 2.24) is 0 Å². The summed E-state index contributed by atoms with van der Waals surface area (Å²) in [5.41, 5.74) is 9.09. The Labute approximate surface area is 233 Å². The third-order valence-corrected chi connectivity index (χ3v) is 12.8. The summed E-state index contributed by atoms with van der Waals surface area (Å²) in [6.45, 7) is 10.4. The van der Waals surface area contributed by atoms with Crippen molar-refractivity contribution in [3.63, 3.8) is 0 Å². The number of hydrogen-bond acceptors (Lipinski definition) is 5.